The van der Waals surface area contributed by atoms with Gasteiger partial charge in [-0.1, -0.05) is 32.1 Å². The van der Waals surface area contributed by atoms with Crippen LogP contribution in [0.4, 0.5) is 10.9 Å². The van der Waals surface area contributed by atoms with Crippen LogP contribution in [0.15, 0.2) is 18.5 Å². The summed E-state index contributed by atoms with van der Waals surface area (Å²) in [5, 5.41) is 15.8. The molecule has 4 heterocycles. The van der Waals surface area contributed by atoms with E-state index in [0.717, 1.165) is 48.3 Å². The molecule has 0 aromatic carbocycles. The average Bonchev–Trinajstić information content (AvgIpc) is 3.20. The summed E-state index contributed by atoms with van der Waals surface area (Å²) in [4.78, 5) is 9.40. The third-order valence-corrected chi connectivity index (χ3v) is 6.49. The molecule has 0 N–H and O–H groups in total. The van der Waals surface area contributed by atoms with Crippen molar-refractivity contribution in [3.8, 4) is 0 Å². The Morgan fingerprint density at radius 1 is 1.04 bits per heavy atom. The van der Waals surface area contributed by atoms with Crippen molar-refractivity contribution in [1.29, 1.82) is 0 Å². The van der Waals surface area contributed by atoms with Gasteiger partial charge in [0.15, 0.2) is 5.82 Å². The highest BCUT2D eigenvalue weighted by Gasteiger charge is 2.29. The minimum absolute atomic E-state index is 0.0269. The molecular weight excluding hydrogens is 358 g/mol. The number of anilines is 2. The van der Waals surface area contributed by atoms with E-state index in [9.17, 15) is 0 Å². The van der Waals surface area contributed by atoms with Gasteiger partial charge >= 0.3 is 0 Å². The average molecular weight is 384 g/mol. The van der Waals surface area contributed by atoms with E-state index in [1.807, 2.05) is 16.9 Å². The fourth-order valence-electron chi connectivity index (χ4n) is 3.48. The Morgan fingerprint density at radius 3 is 2.48 bits per heavy atom. The van der Waals surface area contributed by atoms with Crippen molar-refractivity contribution >= 4 is 27.8 Å². The fraction of sp³-hybridized carbons (Fsp3) is 0.579. The summed E-state index contributed by atoms with van der Waals surface area (Å²) in [5.41, 5.74) is 2.21. The lowest BCUT2D eigenvalue weighted by atomic mass is 9.92. The third-order valence-electron chi connectivity index (χ3n) is 5.34. The topological polar surface area (TPSA) is 62.5 Å². The first-order valence-electron chi connectivity index (χ1n) is 9.67. The maximum Gasteiger partial charge on any atom is 0.208 e. The Balaban J connectivity index is 1.35. The van der Waals surface area contributed by atoms with Crippen LogP contribution >= 0.6 is 11.3 Å². The number of hydrogen-bond donors (Lipinski definition) is 0. The van der Waals surface area contributed by atoms with Crippen LogP contribution in [0.25, 0.3) is 5.52 Å². The highest BCUT2D eigenvalue weighted by molar-refractivity contribution is 7.15. The summed E-state index contributed by atoms with van der Waals surface area (Å²) in [6.45, 7) is 10.3. The first-order chi connectivity index (χ1) is 13.0. The van der Waals surface area contributed by atoms with Crippen LogP contribution in [0.3, 0.4) is 0 Å². The van der Waals surface area contributed by atoms with Crippen molar-refractivity contribution in [2.45, 2.75) is 44.9 Å². The van der Waals surface area contributed by atoms with Gasteiger partial charge in [-0.2, -0.15) is 5.10 Å². The van der Waals surface area contributed by atoms with E-state index in [0.29, 0.717) is 5.92 Å². The second-order valence-corrected chi connectivity index (χ2v) is 9.52. The van der Waals surface area contributed by atoms with Gasteiger partial charge in [0.05, 0.1) is 5.69 Å². The van der Waals surface area contributed by atoms with E-state index in [-0.39, 0.29) is 5.41 Å². The monoisotopic (exact) mass is 383 g/mol. The van der Waals surface area contributed by atoms with Crippen molar-refractivity contribution in [3.63, 3.8) is 0 Å². The van der Waals surface area contributed by atoms with Crippen molar-refractivity contribution in [2.24, 2.45) is 0 Å². The molecule has 8 heteroatoms. The smallest absolute Gasteiger partial charge is 0.208 e. The summed E-state index contributed by atoms with van der Waals surface area (Å²) in [7, 11) is 0. The van der Waals surface area contributed by atoms with Gasteiger partial charge in [0, 0.05) is 49.9 Å². The van der Waals surface area contributed by atoms with Crippen molar-refractivity contribution in [3.05, 3.63) is 29.2 Å². The molecule has 0 unspecified atom stereocenters. The predicted molar refractivity (Wildman–Crippen MR) is 108 cm³/mol. The fourth-order valence-corrected chi connectivity index (χ4v) is 4.54. The van der Waals surface area contributed by atoms with Crippen molar-refractivity contribution in [2.75, 3.05) is 36.0 Å². The molecule has 0 radical (unpaired) electrons. The second-order valence-electron chi connectivity index (χ2n) is 8.53. The molecule has 27 heavy (non-hydrogen) atoms. The molecule has 0 atom stereocenters. The predicted octanol–water partition coefficient (Wildman–Crippen LogP) is 3.08. The lowest BCUT2D eigenvalue weighted by Crippen LogP contribution is -2.47. The second kappa shape index (κ2) is 6.15. The molecule has 3 aromatic heterocycles. The number of rotatable bonds is 3. The number of hydrogen-bond acceptors (Lipinski definition) is 7. The first kappa shape index (κ1) is 16.9. The number of aromatic nitrogens is 5. The molecule has 2 fully saturated rings. The molecule has 0 amide bonds. The van der Waals surface area contributed by atoms with Crippen LogP contribution in [-0.2, 0) is 5.41 Å². The minimum atomic E-state index is 0.0269. The van der Waals surface area contributed by atoms with E-state index in [1.54, 1.807) is 11.3 Å². The van der Waals surface area contributed by atoms with Gasteiger partial charge in [-0.05, 0) is 18.9 Å². The molecule has 0 bridgehead atoms. The van der Waals surface area contributed by atoms with E-state index in [1.165, 1.54) is 17.8 Å². The molecule has 1 saturated heterocycles. The maximum atomic E-state index is 4.75. The zero-order chi connectivity index (χ0) is 18.6. The molecule has 7 nitrogen and oxygen atoms in total. The largest absolute Gasteiger partial charge is 0.351 e. The van der Waals surface area contributed by atoms with Gasteiger partial charge < -0.3 is 9.80 Å². The van der Waals surface area contributed by atoms with E-state index >= 15 is 0 Å². The summed E-state index contributed by atoms with van der Waals surface area (Å²) < 4.78 is 1.96. The molecule has 142 valence electrons. The van der Waals surface area contributed by atoms with E-state index in [4.69, 9.17) is 5.10 Å². The summed E-state index contributed by atoms with van der Waals surface area (Å²) >= 11 is 1.77. The van der Waals surface area contributed by atoms with Gasteiger partial charge in [0.1, 0.15) is 10.5 Å². The van der Waals surface area contributed by atoms with Gasteiger partial charge in [-0.15, -0.1) is 10.2 Å². The summed E-state index contributed by atoms with van der Waals surface area (Å²) in [5.74, 6) is 1.70. The van der Waals surface area contributed by atoms with Gasteiger partial charge in [-0.25, -0.2) is 9.50 Å². The Morgan fingerprint density at radius 2 is 1.78 bits per heavy atom. The normalized spacial score (nSPS) is 18.5. The van der Waals surface area contributed by atoms with Crippen LogP contribution in [0.2, 0.25) is 0 Å². The molecule has 5 rings (SSSR count). The Hall–Kier alpha value is -2.22. The number of fused-ring (bicyclic) bond motifs is 1. The number of piperazine rings is 1. The van der Waals surface area contributed by atoms with Gasteiger partial charge in [-0.3, -0.25) is 0 Å². The van der Waals surface area contributed by atoms with Crippen LogP contribution in [0.1, 0.15) is 50.2 Å². The van der Waals surface area contributed by atoms with Crippen LogP contribution in [0, 0.1) is 0 Å². The highest BCUT2D eigenvalue weighted by Crippen LogP contribution is 2.42. The molecule has 2 aliphatic rings. The molecule has 1 saturated carbocycles. The maximum absolute atomic E-state index is 4.75. The quantitative estimate of drug-likeness (QED) is 0.693. The van der Waals surface area contributed by atoms with E-state index < -0.39 is 0 Å². The Bertz CT molecular complexity index is 958. The molecule has 1 aliphatic carbocycles. The number of nitrogens with zero attached hydrogens (tertiary/aromatic N) is 7. The van der Waals surface area contributed by atoms with Gasteiger partial charge in [0.2, 0.25) is 5.13 Å². The highest BCUT2D eigenvalue weighted by atomic mass is 32.1. The summed E-state index contributed by atoms with van der Waals surface area (Å²) in [6.07, 6.45) is 6.34. The Kier molecular flexibility index (Phi) is 3.86. The molecule has 0 spiro atoms. The van der Waals surface area contributed by atoms with Crippen molar-refractivity contribution < 1.29 is 0 Å². The lowest BCUT2D eigenvalue weighted by molar-refractivity contribution is 0.562. The zero-order valence-corrected chi connectivity index (χ0v) is 16.9. The zero-order valence-electron chi connectivity index (χ0n) is 16.1. The molecular formula is C19H25N7S. The molecule has 3 aromatic rings. The molecule has 1 aliphatic heterocycles. The minimum Gasteiger partial charge on any atom is -0.351 e. The summed E-state index contributed by atoms with van der Waals surface area (Å²) in [6, 6.07) is 2.18. The first-order valence-corrected chi connectivity index (χ1v) is 10.5. The van der Waals surface area contributed by atoms with Crippen LogP contribution in [-0.4, -0.2) is 51.0 Å². The van der Waals surface area contributed by atoms with Crippen LogP contribution < -0.4 is 9.80 Å². The SMILES string of the molecule is CC(C)(C)c1cc2c(N3CCN(c4nnc(C5CC5)s4)CC3)nccn2n1. The van der Waals surface area contributed by atoms with E-state index in [2.05, 4.69) is 51.8 Å². The van der Waals surface area contributed by atoms with Crippen molar-refractivity contribution in [1.82, 2.24) is 24.8 Å². The van der Waals surface area contributed by atoms with Crippen LogP contribution in [0.5, 0.6) is 0 Å². The standard InChI is InChI=1S/C19H25N7S/c1-19(2,3)15-12-14-16(20-6-7-26(14)23-15)24-8-10-25(11-9-24)18-22-21-17(27-18)13-4-5-13/h6-7,12-13H,4-5,8-11H2,1-3H3. The Labute approximate surface area is 163 Å². The van der Waals surface area contributed by atoms with Gasteiger partial charge in [0.25, 0.3) is 0 Å². The third kappa shape index (κ3) is 3.16. The lowest BCUT2D eigenvalue weighted by Gasteiger charge is -2.35.